The van der Waals surface area contributed by atoms with E-state index in [0.717, 1.165) is 0 Å². The van der Waals surface area contributed by atoms with Gasteiger partial charge in [0, 0.05) is 0 Å². The summed E-state index contributed by atoms with van der Waals surface area (Å²) in [7, 11) is -4.67. The van der Waals surface area contributed by atoms with Crippen molar-refractivity contribution in [3.05, 3.63) is 35.9 Å². The molecular weight excluding hydrogens is 212 g/mol. The fraction of sp³-hybridized carbons (Fsp3) is 0.143. The standard InChI is InChI=1S/C7H8.H2O4S.H2O2/c1-7-5-3-2-4-6-7;1-5(2,3)4;1-2/h2-6H,1H3;(H2,1,2,3,4);1-2H. The summed E-state index contributed by atoms with van der Waals surface area (Å²) in [5.74, 6) is 0. The highest BCUT2D eigenvalue weighted by atomic mass is 32.3. The average molecular weight is 224 g/mol. The Morgan fingerprint density at radius 3 is 1.43 bits per heavy atom. The van der Waals surface area contributed by atoms with Crippen LogP contribution in [0.3, 0.4) is 0 Å². The molecule has 0 aliphatic carbocycles. The molecule has 0 aliphatic heterocycles. The Hall–Kier alpha value is -0.990. The largest absolute Gasteiger partial charge is 0.394 e. The first-order chi connectivity index (χ1) is 6.39. The van der Waals surface area contributed by atoms with Crippen LogP contribution in [0.1, 0.15) is 5.56 Å². The van der Waals surface area contributed by atoms with Crippen molar-refractivity contribution in [1.82, 2.24) is 0 Å². The van der Waals surface area contributed by atoms with Crippen LogP contribution in [0, 0.1) is 6.92 Å². The van der Waals surface area contributed by atoms with Gasteiger partial charge in [-0.3, -0.25) is 19.6 Å². The first kappa shape index (κ1) is 15.5. The van der Waals surface area contributed by atoms with E-state index in [-0.39, 0.29) is 0 Å². The fourth-order valence-corrected chi connectivity index (χ4v) is 0.534. The van der Waals surface area contributed by atoms with Crippen LogP contribution < -0.4 is 0 Å². The third-order valence-corrected chi connectivity index (χ3v) is 0.940. The van der Waals surface area contributed by atoms with Gasteiger partial charge in [-0.2, -0.15) is 8.42 Å². The lowest BCUT2D eigenvalue weighted by Crippen LogP contribution is -1.89. The Labute approximate surface area is 82.0 Å². The number of benzene rings is 1. The molecule has 0 radical (unpaired) electrons. The van der Waals surface area contributed by atoms with Crippen LogP contribution >= 0.6 is 0 Å². The van der Waals surface area contributed by atoms with Gasteiger partial charge >= 0.3 is 10.4 Å². The van der Waals surface area contributed by atoms with Crippen molar-refractivity contribution < 1.29 is 28.0 Å². The number of aryl methyl sites for hydroxylation is 1. The van der Waals surface area contributed by atoms with Gasteiger partial charge in [-0.25, -0.2) is 0 Å². The zero-order valence-corrected chi connectivity index (χ0v) is 8.22. The number of hydrogen-bond donors (Lipinski definition) is 4. The van der Waals surface area contributed by atoms with Crippen molar-refractivity contribution >= 4 is 10.4 Å². The van der Waals surface area contributed by atoms with Gasteiger partial charge in [0.25, 0.3) is 0 Å². The molecule has 7 heteroatoms. The van der Waals surface area contributed by atoms with E-state index < -0.39 is 10.4 Å². The van der Waals surface area contributed by atoms with Crippen molar-refractivity contribution in [3.63, 3.8) is 0 Å². The fourth-order valence-electron chi connectivity index (χ4n) is 0.534. The molecule has 1 rings (SSSR count). The second kappa shape index (κ2) is 8.60. The Balaban J connectivity index is 0. The monoisotopic (exact) mass is 224 g/mol. The second-order valence-corrected chi connectivity index (χ2v) is 3.00. The molecular formula is C7H12O6S. The summed E-state index contributed by atoms with van der Waals surface area (Å²) in [6.07, 6.45) is 0. The predicted octanol–water partition coefficient (Wildman–Crippen LogP) is 1.36. The summed E-state index contributed by atoms with van der Waals surface area (Å²) in [5.41, 5.74) is 1.32. The molecule has 14 heavy (non-hydrogen) atoms. The smallest absolute Gasteiger partial charge is 0.264 e. The molecule has 82 valence electrons. The second-order valence-electron chi connectivity index (χ2n) is 2.10. The van der Waals surface area contributed by atoms with E-state index in [4.69, 9.17) is 28.0 Å². The highest BCUT2D eigenvalue weighted by Crippen LogP contribution is 1.92. The van der Waals surface area contributed by atoms with Gasteiger partial charge in [0.05, 0.1) is 0 Å². The maximum absolute atomic E-state index is 8.74. The molecule has 0 heterocycles. The number of hydrogen-bond acceptors (Lipinski definition) is 4. The molecule has 4 N–H and O–H groups in total. The van der Waals surface area contributed by atoms with Crippen LogP contribution in [-0.2, 0) is 10.4 Å². The molecule has 6 nitrogen and oxygen atoms in total. The van der Waals surface area contributed by atoms with Crippen molar-refractivity contribution in [1.29, 1.82) is 0 Å². The van der Waals surface area contributed by atoms with Crippen LogP contribution in [0.15, 0.2) is 30.3 Å². The van der Waals surface area contributed by atoms with Gasteiger partial charge in [0.2, 0.25) is 0 Å². The SMILES string of the molecule is Cc1ccccc1.O=S(=O)(O)O.OO. The summed E-state index contributed by atoms with van der Waals surface area (Å²) in [5, 5.41) is 12.0. The van der Waals surface area contributed by atoms with Gasteiger partial charge < -0.3 is 0 Å². The Kier molecular flexibility index (Phi) is 9.51. The zero-order valence-electron chi connectivity index (χ0n) is 7.40. The molecule has 0 unspecified atom stereocenters. The van der Waals surface area contributed by atoms with Gasteiger partial charge in [-0.1, -0.05) is 35.9 Å². The summed E-state index contributed by atoms with van der Waals surface area (Å²) < 4.78 is 31.6. The molecule has 0 saturated carbocycles. The summed E-state index contributed by atoms with van der Waals surface area (Å²) >= 11 is 0. The van der Waals surface area contributed by atoms with Gasteiger partial charge in [0.15, 0.2) is 0 Å². The van der Waals surface area contributed by atoms with Crippen LogP contribution in [0.4, 0.5) is 0 Å². The maximum Gasteiger partial charge on any atom is 0.394 e. The minimum atomic E-state index is -4.67. The van der Waals surface area contributed by atoms with E-state index in [1.165, 1.54) is 5.56 Å². The van der Waals surface area contributed by atoms with Crippen LogP contribution in [0.2, 0.25) is 0 Å². The Bertz CT molecular complexity index is 298. The van der Waals surface area contributed by atoms with Crippen LogP contribution in [0.25, 0.3) is 0 Å². The highest BCUT2D eigenvalue weighted by molar-refractivity contribution is 7.79. The first-order valence-corrected chi connectivity index (χ1v) is 4.71. The predicted molar refractivity (Wildman–Crippen MR) is 50.6 cm³/mol. The van der Waals surface area contributed by atoms with Gasteiger partial charge in [0.1, 0.15) is 0 Å². The molecule has 0 spiro atoms. The lowest BCUT2D eigenvalue weighted by Gasteiger charge is -1.82. The normalized spacial score (nSPS) is 8.93. The topological polar surface area (TPSA) is 115 Å². The lowest BCUT2D eigenvalue weighted by atomic mass is 10.2. The summed E-state index contributed by atoms with van der Waals surface area (Å²) in [6.45, 7) is 2.08. The molecule has 0 amide bonds. The minimum Gasteiger partial charge on any atom is -0.264 e. The molecule has 0 fully saturated rings. The third-order valence-electron chi connectivity index (χ3n) is 0.940. The van der Waals surface area contributed by atoms with Crippen molar-refractivity contribution in [3.8, 4) is 0 Å². The zero-order chi connectivity index (χ0) is 11.6. The molecule has 0 aliphatic rings. The number of rotatable bonds is 0. The van der Waals surface area contributed by atoms with E-state index in [9.17, 15) is 0 Å². The van der Waals surface area contributed by atoms with Crippen molar-refractivity contribution in [2.24, 2.45) is 0 Å². The highest BCUT2D eigenvalue weighted by Gasteiger charge is 1.84. The molecule has 0 atom stereocenters. The van der Waals surface area contributed by atoms with Crippen molar-refractivity contribution in [2.45, 2.75) is 6.92 Å². The van der Waals surface area contributed by atoms with Crippen LogP contribution in [0.5, 0.6) is 0 Å². The van der Waals surface area contributed by atoms with E-state index in [1.807, 2.05) is 18.2 Å². The minimum absolute atomic E-state index is 1.32. The molecule has 0 saturated heterocycles. The van der Waals surface area contributed by atoms with E-state index >= 15 is 0 Å². The summed E-state index contributed by atoms with van der Waals surface area (Å²) in [4.78, 5) is 0. The third kappa shape index (κ3) is 22.5. The first-order valence-electron chi connectivity index (χ1n) is 3.31. The van der Waals surface area contributed by atoms with E-state index in [2.05, 4.69) is 19.1 Å². The van der Waals surface area contributed by atoms with Gasteiger partial charge in [-0.15, -0.1) is 0 Å². The summed E-state index contributed by atoms with van der Waals surface area (Å²) in [6, 6.07) is 10.3. The Morgan fingerprint density at radius 1 is 1.00 bits per heavy atom. The van der Waals surface area contributed by atoms with Gasteiger partial charge in [-0.05, 0) is 6.92 Å². The van der Waals surface area contributed by atoms with Crippen molar-refractivity contribution in [2.75, 3.05) is 0 Å². The maximum atomic E-state index is 8.74. The molecule has 0 aromatic heterocycles. The molecule has 0 bridgehead atoms. The van der Waals surface area contributed by atoms with E-state index in [1.54, 1.807) is 0 Å². The molecule has 1 aromatic rings. The Morgan fingerprint density at radius 2 is 1.29 bits per heavy atom. The lowest BCUT2D eigenvalue weighted by molar-refractivity contribution is -0.176. The quantitative estimate of drug-likeness (QED) is 0.300. The average Bonchev–Trinajstić information content (AvgIpc) is 2.06. The molecule has 1 aromatic carbocycles. The van der Waals surface area contributed by atoms with E-state index in [0.29, 0.717) is 0 Å². The van der Waals surface area contributed by atoms with Crippen LogP contribution in [-0.4, -0.2) is 28.0 Å².